The standard InChI is InChI=1S/C24H28F3NO4/c1-28-23(31)10-5-3-2-4-7-17-11-14-22(30)21(17)13-12-19(29)16-32-20-9-6-8-18(15-20)24(25,26)27/h2,4,6,8-9,11-15,17,19,21,29H,3,5,7,10,16H2,1H3,(H,28,31)/b4-2-,13-12+/t17-,19+,21+/m0/s1. The van der Waals surface area contributed by atoms with Gasteiger partial charge in [0.25, 0.3) is 0 Å². The third-order valence-electron chi connectivity index (χ3n) is 5.05. The molecule has 1 aliphatic rings. The van der Waals surface area contributed by atoms with Crippen LogP contribution in [0.4, 0.5) is 13.2 Å². The minimum atomic E-state index is -4.47. The maximum Gasteiger partial charge on any atom is 0.416 e. The van der Waals surface area contributed by atoms with Crippen molar-refractivity contribution in [3.8, 4) is 5.75 Å². The molecule has 2 rings (SSSR count). The number of amides is 1. The van der Waals surface area contributed by atoms with Crippen LogP contribution in [0.15, 0.2) is 60.7 Å². The average Bonchev–Trinajstić information content (AvgIpc) is 3.11. The van der Waals surface area contributed by atoms with Gasteiger partial charge in [-0.05, 0) is 49.5 Å². The Hall–Kier alpha value is -2.87. The molecule has 1 aliphatic carbocycles. The van der Waals surface area contributed by atoms with Gasteiger partial charge in [0, 0.05) is 19.4 Å². The van der Waals surface area contributed by atoms with Crippen molar-refractivity contribution in [2.75, 3.05) is 13.7 Å². The van der Waals surface area contributed by atoms with E-state index in [2.05, 4.69) is 5.32 Å². The van der Waals surface area contributed by atoms with Crippen LogP contribution in [0.5, 0.6) is 5.75 Å². The Morgan fingerprint density at radius 3 is 2.81 bits per heavy atom. The van der Waals surface area contributed by atoms with Gasteiger partial charge in [0.2, 0.25) is 5.91 Å². The topological polar surface area (TPSA) is 75.6 Å². The molecule has 0 aliphatic heterocycles. The summed E-state index contributed by atoms with van der Waals surface area (Å²) in [6.07, 6.45) is 7.45. The first-order valence-electron chi connectivity index (χ1n) is 10.4. The van der Waals surface area contributed by atoms with Crippen molar-refractivity contribution in [3.05, 3.63) is 66.3 Å². The van der Waals surface area contributed by atoms with Crippen LogP contribution in [0.2, 0.25) is 0 Å². The molecule has 1 aromatic carbocycles. The number of aliphatic hydroxyl groups excluding tert-OH is 1. The molecule has 0 aromatic heterocycles. The predicted octanol–water partition coefficient (Wildman–Crippen LogP) is 4.24. The van der Waals surface area contributed by atoms with E-state index in [-0.39, 0.29) is 30.0 Å². The van der Waals surface area contributed by atoms with Crippen molar-refractivity contribution < 1.29 is 32.6 Å². The number of unbranched alkanes of at least 4 members (excludes halogenated alkanes) is 1. The van der Waals surface area contributed by atoms with E-state index in [9.17, 15) is 27.9 Å². The van der Waals surface area contributed by atoms with Gasteiger partial charge in [-0.25, -0.2) is 0 Å². The molecule has 1 aromatic rings. The number of aliphatic hydroxyl groups is 1. The molecule has 0 saturated carbocycles. The summed E-state index contributed by atoms with van der Waals surface area (Å²) in [4.78, 5) is 23.3. The maximum absolute atomic E-state index is 12.8. The maximum atomic E-state index is 12.8. The third-order valence-corrected chi connectivity index (χ3v) is 5.05. The molecule has 5 nitrogen and oxygen atoms in total. The second kappa shape index (κ2) is 12.2. The zero-order valence-electron chi connectivity index (χ0n) is 17.8. The molecule has 0 saturated heterocycles. The Balaban J connectivity index is 1.81. The Bertz CT molecular complexity index is 861. The number of hydrogen-bond acceptors (Lipinski definition) is 4. The van der Waals surface area contributed by atoms with Gasteiger partial charge in [-0.3, -0.25) is 9.59 Å². The van der Waals surface area contributed by atoms with Gasteiger partial charge in [-0.1, -0.05) is 36.4 Å². The van der Waals surface area contributed by atoms with Crippen molar-refractivity contribution in [3.63, 3.8) is 0 Å². The van der Waals surface area contributed by atoms with Crippen molar-refractivity contribution >= 4 is 11.7 Å². The lowest BCUT2D eigenvalue weighted by Gasteiger charge is -2.14. The van der Waals surface area contributed by atoms with Gasteiger partial charge < -0.3 is 15.2 Å². The summed E-state index contributed by atoms with van der Waals surface area (Å²) in [7, 11) is 1.60. The summed E-state index contributed by atoms with van der Waals surface area (Å²) in [5, 5.41) is 12.7. The van der Waals surface area contributed by atoms with Crippen LogP contribution in [0, 0.1) is 11.8 Å². The molecule has 0 spiro atoms. The van der Waals surface area contributed by atoms with Crippen molar-refractivity contribution in [2.24, 2.45) is 11.8 Å². The largest absolute Gasteiger partial charge is 0.491 e. The van der Waals surface area contributed by atoms with E-state index in [0.717, 1.165) is 25.0 Å². The van der Waals surface area contributed by atoms with E-state index in [1.54, 1.807) is 13.1 Å². The molecule has 2 N–H and O–H groups in total. The molecule has 0 unspecified atom stereocenters. The van der Waals surface area contributed by atoms with Crippen molar-refractivity contribution in [2.45, 2.75) is 38.0 Å². The fraction of sp³-hybridized carbons (Fsp3) is 0.417. The molecular weight excluding hydrogens is 423 g/mol. The van der Waals surface area contributed by atoms with Gasteiger partial charge in [0.05, 0.1) is 5.56 Å². The van der Waals surface area contributed by atoms with Gasteiger partial charge in [-0.2, -0.15) is 13.2 Å². The van der Waals surface area contributed by atoms with Gasteiger partial charge in [0.15, 0.2) is 5.78 Å². The van der Waals surface area contributed by atoms with Crippen LogP contribution in [-0.2, 0) is 15.8 Å². The van der Waals surface area contributed by atoms with Crippen LogP contribution >= 0.6 is 0 Å². The molecule has 1 amide bonds. The van der Waals surface area contributed by atoms with Gasteiger partial charge >= 0.3 is 6.18 Å². The summed E-state index contributed by atoms with van der Waals surface area (Å²) >= 11 is 0. The highest BCUT2D eigenvalue weighted by Crippen LogP contribution is 2.31. The van der Waals surface area contributed by atoms with Crippen molar-refractivity contribution in [1.82, 2.24) is 5.32 Å². The summed E-state index contributed by atoms with van der Waals surface area (Å²) in [5.41, 5.74) is -0.827. The normalized spacial score (nSPS) is 19.7. The van der Waals surface area contributed by atoms with Crippen LogP contribution in [0.3, 0.4) is 0 Å². The highest BCUT2D eigenvalue weighted by molar-refractivity contribution is 5.95. The number of halogens is 3. The van der Waals surface area contributed by atoms with Crippen LogP contribution in [0.1, 0.15) is 31.2 Å². The number of benzene rings is 1. The zero-order chi connectivity index (χ0) is 23.6. The number of rotatable bonds is 11. The van der Waals surface area contributed by atoms with Gasteiger partial charge in [-0.15, -0.1) is 0 Å². The number of alkyl halides is 3. The molecule has 0 radical (unpaired) electrons. The first kappa shape index (κ1) is 25.4. The van der Waals surface area contributed by atoms with Crippen LogP contribution in [0.25, 0.3) is 0 Å². The second-order valence-corrected chi connectivity index (χ2v) is 7.51. The summed E-state index contributed by atoms with van der Waals surface area (Å²) in [6.45, 7) is -0.234. The lowest BCUT2D eigenvalue weighted by molar-refractivity contribution is -0.137. The number of ether oxygens (including phenoxy) is 1. The molecule has 32 heavy (non-hydrogen) atoms. The first-order chi connectivity index (χ1) is 15.2. The number of allylic oxidation sites excluding steroid dienone is 5. The number of hydrogen-bond donors (Lipinski definition) is 2. The number of nitrogens with one attached hydrogen (secondary N) is 1. The Morgan fingerprint density at radius 2 is 2.09 bits per heavy atom. The predicted molar refractivity (Wildman–Crippen MR) is 115 cm³/mol. The zero-order valence-corrected chi connectivity index (χ0v) is 17.8. The molecule has 3 atom stereocenters. The number of carbonyl (C=O) groups excluding carboxylic acids is 2. The lowest BCUT2D eigenvalue weighted by Crippen LogP contribution is -2.18. The number of carbonyl (C=O) groups is 2. The molecule has 174 valence electrons. The fourth-order valence-corrected chi connectivity index (χ4v) is 3.25. The van der Waals surface area contributed by atoms with Crippen LogP contribution < -0.4 is 10.1 Å². The second-order valence-electron chi connectivity index (χ2n) is 7.51. The van der Waals surface area contributed by atoms with E-state index < -0.39 is 23.8 Å². The Labute approximate surface area is 185 Å². The van der Waals surface area contributed by atoms with Crippen LogP contribution in [-0.4, -0.2) is 36.6 Å². The lowest BCUT2D eigenvalue weighted by atomic mass is 9.91. The van der Waals surface area contributed by atoms with Gasteiger partial charge in [0.1, 0.15) is 18.5 Å². The van der Waals surface area contributed by atoms with E-state index in [1.807, 2.05) is 18.2 Å². The quantitative estimate of drug-likeness (QED) is 0.390. The minimum absolute atomic E-state index is 0.00326. The smallest absolute Gasteiger partial charge is 0.416 e. The van der Waals surface area contributed by atoms with E-state index in [1.165, 1.54) is 24.3 Å². The molecular formula is C24H28F3NO4. The number of ketones is 1. The Morgan fingerprint density at radius 1 is 1.31 bits per heavy atom. The molecule has 0 bridgehead atoms. The Kier molecular flexibility index (Phi) is 9.71. The SMILES string of the molecule is CNC(=O)CCC/C=C\C[C@H]1C=CC(=O)[C@@H]1/C=C/[C@@H](O)COc1cccc(C(F)(F)F)c1. The fourth-order valence-electron chi connectivity index (χ4n) is 3.25. The molecule has 8 heteroatoms. The molecule has 0 heterocycles. The highest BCUT2D eigenvalue weighted by atomic mass is 19.4. The average molecular weight is 451 g/mol. The highest BCUT2D eigenvalue weighted by Gasteiger charge is 2.30. The summed E-state index contributed by atoms with van der Waals surface area (Å²) in [5.74, 6) is -0.502. The van der Waals surface area contributed by atoms with Crippen molar-refractivity contribution in [1.29, 1.82) is 0 Å². The van der Waals surface area contributed by atoms with E-state index in [0.29, 0.717) is 12.8 Å². The van der Waals surface area contributed by atoms with E-state index in [4.69, 9.17) is 4.74 Å². The monoisotopic (exact) mass is 451 g/mol. The minimum Gasteiger partial charge on any atom is -0.491 e. The first-order valence-corrected chi connectivity index (χ1v) is 10.4. The third kappa shape index (κ3) is 8.34. The summed E-state index contributed by atoms with van der Waals surface area (Å²) < 4.78 is 43.5. The van der Waals surface area contributed by atoms with E-state index >= 15 is 0 Å². The summed E-state index contributed by atoms with van der Waals surface area (Å²) in [6, 6.07) is 4.43. The molecule has 0 fully saturated rings.